The molecule has 0 aliphatic carbocycles. The van der Waals surface area contributed by atoms with Gasteiger partial charge in [-0.15, -0.1) is 6.58 Å². The number of allylic oxidation sites excluding steroid dienone is 1. The second-order valence-electron chi connectivity index (χ2n) is 4.49. The van der Waals surface area contributed by atoms with Gasteiger partial charge in [0.05, 0.1) is 0 Å². The van der Waals surface area contributed by atoms with Crippen LogP contribution >= 0.6 is 12.6 Å². The van der Waals surface area contributed by atoms with Crippen molar-refractivity contribution in [1.29, 1.82) is 0 Å². The fourth-order valence-corrected chi connectivity index (χ4v) is 0.474. The van der Waals surface area contributed by atoms with E-state index in [2.05, 4.69) is 53.8 Å². The zero-order chi connectivity index (χ0) is 11.3. The van der Waals surface area contributed by atoms with Gasteiger partial charge in [-0.1, -0.05) is 47.1 Å². The number of thiol groups is 1. The van der Waals surface area contributed by atoms with Crippen LogP contribution in [0.2, 0.25) is 0 Å². The molecule has 0 N–H and O–H groups in total. The van der Waals surface area contributed by atoms with E-state index in [0.717, 1.165) is 5.75 Å². The first-order chi connectivity index (χ1) is 5.83. The predicted octanol–water partition coefficient (Wildman–Crippen LogP) is 4.96. The van der Waals surface area contributed by atoms with Crippen LogP contribution in [0, 0.1) is 5.41 Å². The fourth-order valence-electron chi connectivity index (χ4n) is 0.158. The molecule has 0 saturated carbocycles. The van der Waals surface area contributed by atoms with Gasteiger partial charge in [0, 0.05) is 0 Å². The Morgan fingerprint density at radius 3 is 1.46 bits per heavy atom. The molecule has 0 unspecified atom stereocenters. The molecular weight excluding hydrogens is 176 g/mol. The highest BCUT2D eigenvalue weighted by Gasteiger charge is 1.95. The van der Waals surface area contributed by atoms with E-state index < -0.39 is 0 Å². The van der Waals surface area contributed by atoms with Gasteiger partial charge in [0.25, 0.3) is 0 Å². The van der Waals surface area contributed by atoms with Crippen LogP contribution in [-0.2, 0) is 0 Å². The van der Waals surface area contributed by atoms with E-state index in [9.17, 15) is 0 Å². The van der Waals surface area contributed by atoms with Crippen LogP contribution in [0.25, 0.3) is 0 Å². The Bertz CT molecular complexity index is 71.6. The molecule has 1 heteroatoms. The molecule has 0 bridgehead atoms. The second-order valence-corrected chi connectivity index (χ2v) is 4.93. The molecule has 0 atom stereocenters. The summed E-state index contributed by atoms with van der Waals surface area (Å²) in [6.07, 6.45) is 4.27. The average Bonchev–Trinajstić information content (AvgIpc) is 1.87. The second kappa shape index (κ2) is 14.6. The number of hydrogen-bond donors (Lipinski definition) is 1. The van der Waals surface area contributed by atoms with Gasteiger partial charge in [0.15, 0.2) is 0 Å². The minimum absolute atomic E-state index is 0.500. The summed E-state index contributed by atoms with van der Waals surface area (Å²) >= 11 is 4.00. The summed E-state index contributed by atoms with van der Waals surface area (Å²) in [5, 5.41) is 0. The van der Waals surface area contributed by atoms with Crippen LogP contribution in [0.5, 0.6) is 0 Å². The predicted molar refractivity (Wildman–Crippen MR) is 69.8 cm³/mol. The van der Waals surface area contributed by atoms with Crippen LogP contribution < -0.4 is 0 Å². The van der Waals surface area contributed by atoms with Crippen LogP contribution in [0.1, 0.15) is 54.4 Å². The molecule has 0 fully saturated rings. The van der Waals surface area contributed by atoms with Crippen LogP contribution in [0.4, 0.5) is 0 Å². The Kier molecular flexibility index (Phi) is 21.1. The number of unbranched alkanes of at least 4 members (excludes halogenated alkanes) is 1. The third-order valence-electron chi connectivity index (χ3n) is 0.512. The first kappa shape index (κ1) is 18.8. The molecule has 0 amide bonds. The minimum Gasteiger partial charge on any atom is -0.179 e. The number of rotatable bonds is 2. The van der Waals surface area contributed by atoms with Crippen LogP contribution in [-0.4, -0.2) is 5.75 Å². The van der Waals surface area contributed by atoms with Gasteiger partial charge < -0.3 is 0 Å². The Balaban J connectivity index is -0.000000120. The summed E-state index contributed by atoms with van der Waals surface area (Å²) in [6.45, 7) is 16.2. The molecule has 0 heterocycles. The van der Waals surface area contributed by atoms with E-state index in [-0.39, 0.29) is 0 Å². The maximum absolute atomic E-state index is 4.00. The highest BCUT2D eigenvalue weighted by Crippen LogP contribution is 2.08. The van der Waals surface area contributed by atoms with Gasteiger partial charge in [0.2, 0.25) is 0 Å². The maximum atomic E-state index is 4.00. The Hall–Kier alpha value is 0.0900. The van der Waals surface area contributed by atoms with Crippen LogP contribution in [0.3, 0.4) is 0 Å². The molecule has 82 valence electrons. The lowest BCUT2D eigenvalue weighted by molar-refractivity contribution is 0.469. The van der Waals surface area contributed by atoms with Crippen molar-refractivity contribution < 1.29 is 0 Å². The summed E-state index contributed by atoms with van der Waals surface area (Å²) in [5.41, 5.74) is 0.500. The quantitative estimate of drug-likeness (QED) is 0.477. The Morgan fingerprint density at radius 2 is 1.46 bits per heavy atom. The van der Waals surface area contributed by atoms with Crippen molar-refractivity contribution in [3.05, 3.63) is 12.7 Å². The van der Waals surface area contributed by atoms with Gasteiger partial charge in [-0.05, 0) is 24.5 Å². The van der Waals surface area contributed by atoms with Gasteiger partial charge in [-0.25, -0.2) is 0 Å². The highest BCUT2D eigenvalue weighted by molar-refractivity contribution is 7.80. The van der Waals surface area contributed by atoms with Crippen molar-refractivity contribution in [1.82, 2.24) is 0 Å². The molecular formula is C12H28S. The zero-order valence-corrected chi connectivity index (χ0v) is 11.2. The molecule has 0 nitrogen and oxygen atoms in total. The summed E-state index contributed by atoms with van der Waals surface area (Å²) in [7, 11) is 0. The minimum atomic E-state index is 0.500. The molecule has 0 aromatic heterocycles. The SMILES string of the molecule is C=CC.CC(C)(C)C.CCCCS. The van der Waals surface area contributed by atoms with Crippen molar-refractivity contribution in [3.8, 4) is 0 Å². The monoisotopic (exact) mass is 204 g/mol. The summed E-state index contributed by atoms with van der Waals surface area (Å²) in [4.78, 5) is 0. The lowest BCUT2D eigenvalue weighted by Gasteiger charge is -2.05. The molecule has 0 aromatic carbocycles. The molecule has 0 aliphatic heterocycles. The summed E-state index contributed by atoms with van der Waals surface area (Å²) < 4.78 is 0. The Morgan fingerprint density at radius 1 is 1.23 bits per heavy atom. The van der Waals surface area contributed by atoms with E-state index >= 15 is 0 Å². The van der Waals surface area contributed by atoms with E-state index in [1.165, 1.54) is 12.8 Å². The third-order valence-corrected chi connectivity index (χ3v) is 0.828. The van der Waals surface area contributed by atoms with Gasteiger partial charge >= 0.3 is 0 Å². The lowest BCUT2D eigenvalue weighted by atomic mass is 10.0. The number of hydrogen-bond acceptors (Lipinski definition) is 1. The van der Waals surface area contributed by atoms with E-state index in [1.807, 2.05) is 6.92 Å². The topological polar surface area (TPSA) is 0 Å². The lowest BCUT2D eigenvalue weighted by Crippen LogP contribution is -1.93. The van der Waals surface area contributed by atoms with Gasteiger partial charge in [-0.2, -0.15) is 12.6 Å². The fraction of sp³-hybridized carbons (Fsp3) is 0.833. The first-order valence-electron chi connectivity index (χ1n) is 5.01. The van der Waals surface area contributed by atoms with Crippen molar-refractivity contribution in [2.45, 2.75) is 54.4 Å². The largest absolute Gasteiger partial charge is 0.179 e. The van der Waals surface area contributed by atoms with Crippen molar-refractivity contribution in [3.63, 3.8) is 0 Å². The third kappa shape index (κ3) is 282. The molecule has 0 rings (SSSR count). The maximum Gasteiger partial charge on any atom is -0.00980 e. The molecule has 0 aliphatic rings. The molecule has 13 heavy (non-hydrogen) atoms. The van der Waals surface area contributed by atoms with Gasteiger partial charge in [0.1, 0.15) is 0 Å². The Labute approximate surface area is 91.2 Å². The van der Waals surface area contributed by atoms with Gasteiger partial charge in [-0.3, -0.25) is 0 Å². The normalized spacial score (nSPS) is 8.85. The first-order valence-corrected chi connectivity index (χ1v) is 5.64. The molecule has 0 spiro atoms. The van der Waals surface area contributed by atoms with Crippen molar-refractivity contribution in [2.75, 3.05) is 5.75 Å². The molecule has 0 radical (unpaired) electrons. The van der Waals surface area contributed by atoms with E-state index in [0.29, 0.717) is 5.41 Å². The van der Waals surface area contributed by atoms with E-state index in [1.54, 1.807) is 6.08 Å². The van der Waals surface area contributed by atoms with Crippen molar-refractivity contribution >= 4 is 12.6 Å². The summed E-state index contributed by atoms with van der Waals surface area (Å²) in [5.74, 6) is 1.04. The summed E-state index contributed by atoms with van der Waals surface area (Å²) in [6, 6.07) is 0. The van der Waals surface area contributed by atoms with Crippen LogP contribution in [0.15, 0.2) is 12.7 Å². The average molecular weight is 204 g/mol. The highest BCUT2D eigenvalue weighted by atomic mass is 32.1. The smallest absolute Gasteiger partial charge is 0.00980 e. The standard InChI is InChI=1S/C5H12.C4H10S.C3H6/c1-5(2,3)4;1-2-3-4-5;1-3-2/h1-4H3;5H,2-4H2,1H3;3H,1H2,2H3. The molecule has 0 saturated heterocycles. The van der Waals surface area contributed by atoms with E-state index in [4.69, 9.17) is 0 Å². The molecule has 0 aromatic rings. The zero-order valence-electron chi connectivity index (χ0n) is 10.4. The van der Waals surface area contributed by atoms with Crippen molar-refractivity contribution in [2.24, 2.45) is 5.41 Å².